The van der Waals surface area contributed by atoms with E-state index in [0.717, 1.165) is 12.8 Å². The van der Waals surface area contributed by atoms with Crippen molar-refractivity contribution >= 4 is 11.8 Å². The van der Waals surface area contributed by atoms with Crippen molar-refractivity contribution in [1.29, 1.82) is 0 Å². The zero-order valence-corrected chi connectivity index (χ0v) is 10.3. The molecule has 6 nitrogen and oxygen atoms in total. The van der Waals surface area contributed by atoms with Crippen LogP contribution in [0.4, 0.5) is 0 Å². The van der Waals surface area contributed by atoms with E-state index in [0.29, 0.717) is 5.75 Å². The van der Waals surface area contributed by atoms with Crippen LogP contribution in [0.15, 0.2) is 12.3 Å². The van der Waals surface area contributed by atoms with Crippen LogP contribution in [0.3, 0.4) is 0 Å². The van der Waals surface area contributed by atoms with E-state index in [1.807, 2.05) is 0 Å². The molecule has 18 heavy (non-hydrogen) atoms. The molecular formula is C12H15N3O3. The molecule has 1 heterocycles. The predicted molar refractivity (Wildman–Crippen MR) is 64.7 cm³/mol. The summed E-state index contributed by atoms with van der Waals surface area (Å²) >= 11 is 0. The van der Waals surface area contributed by atoms with Gasteiger partial charge in [0.05, 0.1) is 17.9 Å². The molecule has 1 aromatic rings. The van der Waals surface area contributed by atoms with E-state index in [-0.39, 0.29) is 23.3 Å². The van der Waals surface area contributed by atoms with Crippen molar-refractivity contribution in [2.45, 2.75) is 18.9 Å². The quantitative estimate of drug-likeness (QED) is 0.806. The summed E-state index contributed by atoms with van der Waals surface area (Å²) in [4.78, 5) is 27.3. The van der Waals surface area contributed by atoms with E-state index in [1.165, 1.54) is 20.3 Å². The third kappa shape index (κ3) is 2.58. The number of carbonyl (C=O) groups is 2. The Kier molecular flexibility index (Phi) is 3.45. The van der Waals surface area contributed by atoms with Gasteiger partial charge in [0.15, 0.2) is 0 Å². The molecule has 1 fully saturated rings. The highest BCUT2D eigenvalue weighted by molar-refractivity contribution is 6.06. The standard InChI is InChI=1S/C12H15N3O3/c1-13-11(16)9-5-8(18-7-3-4-7)6-15-10(9)12(17)14-2/h5-7H,3-4H2,1-2H3,(H,13,16)(H,14,17). The Morgan fingerprint density at radius 2 is 1.94 bits per heavy atom. The summed E-state index contributed by atoms with van der Waals surface area (Å²) in [5.74, 6) is -0.238. The van der Waals surface area contributed by atoms with Gasteiger partial charge in [0.2, 0.25) is 0 Å². The van der Waals surface area contributed by atoms with Gasteiger partial charge < -0.3 is 15.4 Å². The normalized spacial score (nSPS) is 13.9. The lowest BCUT2D eigenvalue weighted by Gasteiger charge is -2.09. The topological polar surface area (TPSA) is 80.3 Å². The Morgan fingerprint density at radius 1 is 1.28 bits per heavy atom. The summed E-state index contributed by atoms with van der Waals surface area (Å²) in [6.45, 7) is 0. The third-order valence-corrected chi connectivity index (χ3v) is 2.60. The fourth-order valence-electron chi connectivity index (χ4n) is 1.50. The van der Waals surface area contributed by atoms with Gasteiger partial charge in [-0.2, -0.15) is 0 Å². The number of pyridine rings is 1. The largest absolute Gasteiger partial charge is 0.489 e. The number of rotatable bonds is 4. The molecule has 2 N–H and O–H groups in total. The van der Waals surface area contributed by atoms with Crippen molar-refractivity contribution in [3.05, 3.63) is 23.5 Å². The lowest BCUT2D eigenvalue weighted by Crippen LogP contribution is -2.26. The van der Waals surface area contributed by atoms with Crippen molar-refractivity contribution in [3.8, 4) is 5.75 Å². The van der Waals surface area contributed by atoms with Crippen LogP contribution in [-0.4, -0.2) is 37.0 Å². The maximum atomic E-state index is 11.7. The number of nitrogens with zero attached hydrogens (tertiary/aromatic N) is 1. The number of hydrogen-bond acceptors (Lipinski definition) is 4. The Bertz CT molecular complexity index is 483. The monoisotopic (exact) mass is 249 g/mol. The summed E-state index contributed by atoms with van der Waals surface area (Å²) < 4.78 is 5.55. The highest BCUT2D eigenvalue weighted by Gasteiger charge is 2.25. The van der Waals surface area contributed by atoms with E-state index < -0.39 is 5.91 Å². The Morgan fingerprint density at radius 3 is 2.50 bits per heavy atom. The summed E-state index contributed by atoms with van der Waals surface area (Å²) in [6, 6.07) is 1.55. The zero-order valence-electron chi connectivity index (χ0n) is 10.3. The molecule has 96 valence electrons. The SMILES string of the molecule is CNC(=O)c1cc(OC2CC2)cnc1C(=O)NC. The highest BCUT2D eigenvalue weighted by Crippen LogP contribution is 2.27. The molecule has 0 bridgehead atoms. The average Bonchev–Trinajstić information content (AvgIpc) is 3.20. The number of carbonyl (C=O) groups excluding carboxylic acids is 2. The van der Waals surface area contributed by atoms with Gasteiger partial charge in [-0.3, -0.25) is 9.59 Å². The second-order valence-corrected chi connectivity index (χ2v) is 4.04. The van der Waals surface area contributed by atoms with Crippen LogP contribution >= 0.6 is 0 Å². The lowest BCUT2D eigenvalue weighted by atomic mass is 10.1. The minimum atomic E-state index is -0.397. The fraction of sp³-hybridized carbons (Fsp3) is 0.417. The lowest BCUT2D eigenvalue weighted by molar-refractivity contribution is 0.0924. The zero-order chi connectivity index (χ0) is 13.1. The molecule has 0 aromatic carbocycles. The summed E-state index contributed by atoms with van der Waals surface area (Å²) in [5, 5.41) is 4.93. The highest BCUT2D eigenvalue weighted by atomic mass is 16.5. The maximum absolute atomic E-state index is 11.7. The summed E-state index contributed by atoms with van der Waals surface area (Å²) in [5.41, 5.74) is 0.315. The maximum Gasteiger partial charge on any atom is 0.270 e. The minimum Gasteiger partial charge on any atom is -0.489 e. The van der Waals surface area contributed by atoms with Crippen LogP contribution < -0.4 is 15.4 Å². The summed E-state index contributed by atoms with van der Waals surface area (Å²) in [7, 11) is 3.00. The van der Waals surface area contributed by atoms with E-state index in [2.05, 4.69) is 15.6 Å². The van der Waals surface area contributed by atoms with Crippen LogP contribution in [0, 0.1) is 0 Å². The molecule has 1 aromatic heterocycles. The first-order valence-electron chi connectivity index (χ1n) is 5.76. The number of aromatic nitrogens is 1. The fourth-order valence-corrected chi connectivity index (χ4v) is 1.50. The molecule has 1 aliphatic rings. The van der Waals surface area contributed by atoms with Gasteiger partial charge in [0, 0.05) is 14.1 Å². The first kappa shape index (κ1) is 12.3. The summed E-state index contributed by atoms with van der Waals surface area (Å²) in [6.07, 6.45) is 3.73. The number of hydrogen-bond donors (Lipinski definition) is 2. The molecule has 0 atom stereocenters. The van der Waals surface area contributed by atoms with Gasteiger partial charge in [0.25, 0.3) is 11.8 Å². The first-order chi connectivity index (χ1) is 8.65. The first-order valence-corrected chi connectivity index (χ1v) is 5.76. The number of ether oxygens (including phenoxy) is 1. The minimum absolute atomic E-state index is 0.0972. The molecule has 2 amide bonds. The molecule has 1 saturated carbocycles. The van der Waals surface area contributed by atoms with E-state index in [9.17, 15) is 9.59 Å². The number of amides is 2. The van der Waals surface area contributed by atoms with Crippen molar-refractivity contribution in [2.24, 2.45) is 0 Å². The van der Waals surface area contributed by atoms with Crippen LogP contribution in [-0.2, 0) is 0 Å². The Hall–Kier alpha value is -2.11. The van der Waals surface area contributed by atoms with E-state index in [4.69, 9.17) is 4.74 Å². The molecule has 1 aliphatic carbocycles. The second-order valence-electron chi connectivity index (χ2n) is 4.04. The average molecular weight is 249 g/mol. The molecule has 0 saturated heterocycles. The predicted octanol–water partition coefficient (Wildman–Crippen LogP) is 0.342. The van der Waals surface area contributed by atoms with Crippen molar-refractivity contribution in [3.63, 3.8) is 0 Å². The molecule has 6 heteroatoms. The molecule has 2 rings (SSSR count). The van der Waals surface area contributed by atoms with Crippen LogP contribution in [0.5, 0.6) is 5.75 Å². The molecular weight excluding hydrogens is 234 g/mol. The van der Waals surface area contributed by atoms with Gasteiger partial charge in [-0.25, -0.2) is 4.98 Å². The van der Waals surface area contributed by atoms with Gasteiger partial charge >= 0.3 is 0 Å². The van der Waals surface area contributed by atoms with E-state index in [1.54, 1.807) is 6.07 Å². The Labute approximate surface area is 105 Å². The van der Waals surface area contributed by atoms with Crippen LogP contribution in [0.25, 0.3) is 0 Å². The third-order valence-electron chi connectivity index (χ3n) is 2.60. The van der Waals surface area contributed by atoms with E-state index >= 15 is 0 Å². The second kappa shape index (κ2) is 5.03. The molecule has 0 spiro atoms. The van der Waals surface area contributed by atoms with Crippen LogP contribution in [0.2, 0.25) is 0 Å². The van der Waals surface area contributed by atoms with Crippen molar-refractivity contribution in [2.75, 3.05) is 14.1 Å². The smallest absolute Gasteiger partial charge is 0.270 e. The molecule has 0 unspecified atom stereocenters. The van der Waals surface area contributed by atoms with Gasteiger partial charge in [0.1, 0.15) is 11.4 Å². The van der Waals surface area contributed by atoms with Crippen molar-refractivity contribution < 1.29 is 14.3 Å². The Balaban J connectivity index is 2.33. The van der Waals surface area contributed by atoms with Gasteiger partial charge in [-0.05, 0) is 18.9 Å². The molecule has 0 aliphatic heterocycles. The van der Waals surface area contributed by atoms with Gasteiger partial charge in [-0.1, -0.05) is 0 Å². The van der Waals surface area contributed by atoms with Crippen molar-refractivity contribution in [1.82, 2.24) is 15.6 Å². The molecule has 0 radical (unpaired) electrons. The van der Waals surface area contributed by atoms with Gasteiger partial charge in [-0.15, -0.1) is 0 Å². The number of nitrogens with one attached hydrogen (secondary N) is 2. The van der Waals surface area contributed by atoms with Crippen LogP contribution in [0.1, 0.15) is 33.7 Å².